The monoisotopic (exact) mass is 252 g/mol. The van der Waals surface area contributed by atoms with Crippen molar-refractivity contribution in [1.82, 2.24) is 5.32 Å². The summed E-state index contributed by atoms with van der Waals surface area (Å²) < 4.78 is 10.3. The maximum Gasteiger partial charge on any atom is 0.253 e. The topological polar surface area (TPSA) is 73.6 Å². The largest absolute Gasteiger partial charge is 0.493 e. The predicted molar refractivity (Wildman–Crippen MR) is 71.2 cm³/mol. The van der Waals surface area contributed by atoms with Gasteiger partial charge in [0, 0.05) is 17.8 Å². The molecule has 0 bridgehead atoms. The van der Waals surface area contributed by atoms with Crippen molar-refractivity contribution in [3.05, 3.63) is 17.7 Å². The molecule has 1 rings (SSSR count). The Morgan fingerprint density at radius 2 is 1.89 bits per heavy atom. The van der Waals surface area contributed by atoms with Crippen molar-refractivity contribution in [3.8, 4) is 11.5 Å². The molecule has 100 valence electrons. The summed E-state index contributed by atoms with van der Waals surface area (Å²) in [5.41, 5.74) is 6.61. The second-order valence-corrected chi connectivity index (χ2v) is 4.08. The fourth-order valence-electron chi connectivity index (χ4n) is 1.49. The SMILES string of the molecule is CC[C@H](C)NC(=O)c1cc(OC)c(OC)cc1N. The molecule has 1 amide bonds. The highest BCUT2D eigenvalue weighted by Crippen LogP contribution is 2.31. The highest BCUT2D eigenvalue weighted by atomic mass is 16.5. The van der Waals surface area contributed by atoms with Gasteiger partial charge in [-0.25, -0.2) is 0 Å². The van der Waals surface area contributed by atoms with Crippen LogP contribution in [0.2, 0.25) is 0 Å². The highest BCUT2D eigenvalue weighted by Gasteiger charge is 2.16. The van der Waals surface area contributed by atoms with Crippen LogP contribution >= 0.6 is 0 Å². The van der Waals surface area contributed by atoms with Crippen molar-refractivity contribution in [3.63, 3.8) is 0 Å². The van der Waals surface area contributed by atoms with Crippen molar-refractivity contribution in [1.29, 1.82) is 0 Å². The molecule has 0 spiro atoms. The van der Waals surface area contributed by atoms with Crippen LogP contribution in [0.15, 0.2) is 12.1 Å². The van der Waals surface area contributed by atoms with Crippen LogP contribution < -0.4 is 20.5 Å². The van der Waals surface area contributed by atoms with Crippen LogP contribution in [0.1, 0.15) is 30.6 Å². The Hall–Kier alpha value is -1.91. The number of rotatable bonds is 5. The van der Waals surface area contributed by atoms with Gasteiger partial charge in [0.15, 0.2) is 11.5 Å². The number of methoxy groups -OCH3 is 2. The van der Waals surface area contributed by atoms with Crippen LogP contribution in [0, 0.1) is 0 Å². The third-order valence-electron chi connectivity index (χ3n) is 2.79. The zero-order valence-electron chi connectivity index (χ0n) is 11.2. The molecule has 5 nitrogen and oxygen atoms in total. The van der Waals surface area contributed by atoms with E-state index in [1.54, 1.807) is 12.1 Å². The third-order valence-corrected chi connectivity index (χ3v) is 2.79. The van der Waals surface area contributed by atoms with E-state index in [0.29, 0.717) is 22.7 Å². The van der Waals surface area contributed by atoms with Crippen LogP contribution in [-0.2, 0) is 0 Å². The number of hydrogen-bond donors (Lipinski definition) is 2. The van der Waals surface area contributed by atoms with Crippen LogP contribution in [0.25, 0.3) is 0 Å². The molecule has 1 aromatic rings. The zero-order valence-corrected chi connectivity index (χ0v) is 11.2. The molecule has 0 aliphatic rings. The van der Waals surface area contributed by atoms with Gasteiger partial charge in [-0.2, -0.15) is 0 Å². The molecule has 0 saturated carbocycles. The van der Waals surface area contributed by atoms with Gasteiger partial charge in [0.1, 0.15) is 0 Å². The zero-order chi connectivity index (χ0) is 13.7. The lowest BCUT2D eigenvalue weighted by molar-refractivity contribution is 0.0940. The van der Waals surface area contributed by atoms with E-state index < -0.39 is 0 Å². The number of amides is 1. The third kappa shape index (κ3) is 3.06. The highest BCUT2D eigenvalue weighted by molar-refractivity contribution is 6.00. The van der Waals surface area contributed by atoms with Crippen molar-refractivity contribution in [2.75, 3.05) is 20.0 Å². The van der Waals surface area contributed by atoms with E-state index >= 15 is 0 Å². The van der Waals surface area contributed by atoms with E-state index in [4.69, 9.17) is 15.2 Å². The summed E-state index contributed by atoms with van der Waals surface area (Å²) in [6, 6.07) is 3.28. The summed E-state index contributed by atoms with van der Waals surface area (Å²) in [4.78, 5) is 12.0. The van der Waals surface area contributed by atoms with Gasteiger partial charge in [0.2, 0.25) is 0 Å². The molecule has 1 aromatic carbocycles. The molecule has 18 heavy (non-hydrogen) atoms. The van der Waals surface area contributed by atoms with Gasteiger partial charge in [-0.3, -0.25) is 4.79 Å². The van der Waals surface area contributed by atoms with Gasteiger partial charge in [0.25, 0.3) is 5.91 Å². The number of anilines is 1. The molecule has 0 heterocycles. The van der Waals surface area contributed by atoms with Crippen LogP contribution in [-0.4, -0.2) is 26.2 Å². The average molecular weight is 252 g/mol. The number of ether oxygens (including phenoxy) is 2. The molecule has 0 aliphatic carbocycles. The summed E-state index contributed by atoms with van der Waals surface area (Å²) in [6.07, 6.45) is 0.860. The van der Waals surface area contributed by atoms with E-state index in [9.17, 15) is 4.79 Å². The minimum Gasteiger partial charge on any atom is -0.493 e. The van der Waals surface area contributed by atoms with E-state index in [2.05, 4.69) is 5.32 Å². The van der Waals surface area contributed by atoms with Crippen molar-refractivity contribution in [2.24, 2.45) is 0 Å². The normalized spacial score (nSPS) is 11.8. The van der Waals surface area contributed by atoms with Gasteiger partial charge < -0.3 is 20.5 Å². The molecule has 0 saturated heterocycles. The van der Waals surface area contributed by atoms with E-state index in [1.807, 2.05) is 13.8 Å². The molecule has 0 aromatic heterocycles. The Balaban J connectivity index is 3.05. The molecule has 0 unspecified atom stereocenters. The Morgan fingerprint density at radius 3 is 2.39 bits per heavy atom. The molecule has 3 N–H and O–H groups in total. The minimum atomic E-state index is -0.206. The Kier molecular flexibility index (Phi) is 4.83. The molecule has 5 heteroatoms. The van der Waals surface area contributed by atoms with E-state index in [-0.39, 0.29) is 11.9 Å². The molecular formula is C13H20N2O3. The quantitative estimate of drug-likeness (QED) is 0.784. The van der Waals surface area contributed by atoms with Gasteiger partial charge in [-0.1, -0.05) is 6.92 Å². The lowest BCUT2D eigenvalue weighted by Gasteiger charge is -2.15. The Labute approximate surface area is 107 Å². The molecule has 0 aliphatic heterocycles. The fraction of sp³-hybridized carbons (Fsp3) is 0.462. The van der Waals surface area contributed by atoms with Crippen molar-refractivity contribution < 1.29 is 14.3 Å². The van der Waals surface area contributed by atoms with Crippen LogP contribution in [0.4, 0.5) is 5.69 Å². The molecule has 1 atom stereocenters. The number of carbonyl (C=O) groups is 1. The number of nitrogen functional groups attached to an aromatic ring is 1. The number of nitrogens with two attached hydrogens (primary N) is 1. The summed E-state index contributed by atoms with van der Waals surface area (Å²) in [5.74, 6) is 0.791. The lowest BCUT2D eigenvalue weighted by Crippen LogP contribution is -2.32. The fourth-order valence-corrected chi connectivity index (χ4v) is 1.49. The Morgan fingerprint density at radius 1 is 1.33 bits per heavy atom. The van der Waals surface area contributed by atoms with Gasteiger partial charge in [0.05, 0.1) is 19.8 Å². The van der Waals surface area contributed by atoms with Crippen molar-refractivity contribution in [2.45, 2.75) is 26.3 Å². The minimum absolute atomic E-state index is 0.102. The van der Waals surface area contributed by atoms with Gasteiger partial charge in [-0.15, -0.1) is 0 Å². The molecular weight excluding hydrogens is 232 g/mol. The smallest absolute Gasteiger partial charge is 0.253 e. The number of benzene rings is 1. The first kappa shape index (κ1) is 14.2. The second kappa shape index (κ2) is 6.14. The lowest BCUT2D eigenvalue weighted by atomic mass is 10.1. The summed E-state index contributed by atoms with van der Waals surface area (Å²) in [7, 11) is 3.04. The van der Waals surface area contributed by atoms with E-state index in [0.717, 1.165) is 6.42 Å². The van der Waals surface area contributed by atoms with Gasteiger partial charge >= 0.3 is 0 Å². The van der Waals surface area contributed by atoms with E-state index in [1.165, 1.54) is 14.2 Å². The van der Waals surface area contributed by atoms with Crippen LogP contribution in [0.3, 0.4) is 0 Å². The summed E-state index contributed by atoms with van der Waals surface area (Å²) >= 11 is 0. The van der Waals surface area contributed by atoms with Gasteiger partial charge in [-0.05, 0) is 19.4 Å². The predicted octanol–water partition coefficient (Wildman–Crippen LogP) is 1.81. The number of nitrogens with one attached hydrogen (secondary N) is 1. The number of carbonyl (C=O) groups excluding carboxylic acids is 1. The molecule has 0 radical (unpaired) electrons. The first-order chi connectivity index (χ1) is 8.53. The summed E-state index contributed by atoms with van der Waals surface area (Å²) in [5, 5.41) is 2.86. The average Bonchev–Trinajstić information content (AvgIpc) is 2.37. The maximum absolute atomic E-state index is 12.0. The standard InChI is InChI=1S/C13H20N2O3/c1-5-8(2)15-13(16)9-6-11(17-3)12(18-4)7-10(9)14/h6-8H,5,14H2,1-4H3,(H,15,16)/t8-/m0/s1. The maximum atomic E-state index is 12.0. The van der Waals surface area contributed by atoms with Crippen molar-refractivity contribution >= 4 is 11.6 Å². The number of hydrogen-bond acceptors (Lipinski definition) is 4. The Bertz CT molecular complexity index is 432. The first-order valence-corrected chi connectivity index (χ1v) is 5.85. The second-order valence-electron chi connectivity index (χ2n) is 4.08. The molecule has 0 fully saturated rings. The first-order valence-electron chi connectivity index (χ1n) is 5.85. The summed E-state index contributed by atoms with van der Waals surface area (Å²) in [6.45, 7) is 3.94. The van der Waals surface area contributed by atoms with Crippen LogP contribution in [0.5, 0.6) is 11.5 Å².